The molecule has 1 aliphatic rings. The Labute approximate surface area is 87.0 Å². The van der Waals surface area contributed by atoms with Gasteiger partial charge in [-0.25, -0.2) is 0 Å². The molecule has 0 saturated carbocycles. The first-order valence-electron chi connectivity index (χ1n) is 4.42. The zero-order valence-electron chi connectivity index (χ0n) is 7.33. The van der Waals surface area contributed by atoms with Crippen LogP contribution in [0.1, 0.15) is 11.5 Å². The molecule has 0 fully saturated rings. The van der Waals surface area contributed by atoms with E-state index >= 15 is 0 Å². The quantitative estimate of drug-likeness (QED) is 0.616. The molecule has 0 bridgehead atoms. The topological polar surface area (TPSA) is 12.0 Å². The molecular formula is C11H12BrN. The molecule has 2 rings (SSSR count). The number of nitrogens with one attached hydrogen (secondary N) is 1. The van der Waals surface area contributed by atoms with Gasteiger partial charge in [0.1, 0.15) is 0 Å². The van der Waals surface area contributed by atoms with Gasteiger partial charge in [0, 0.05) is 23.0 Å². The number of halogens is 1. The molecule has 2 unspecified atom stereocenters. The summed E-state index contributed by atoms with van der Waals surface area (Å²) in [5, 5.41) is 3.39. The maximum absolute atomic E-state index is 3.80. The van der Waals surface area contributed by atoms with Crippen molar-refractivity contribution in [2.75, 3.05) is 11.9 Å². The predicted molar refractivity (Wildman–Crippen MR) is 60.6 cm³/mol. The lowest BCUT2D eigenvalue weighted by molar-refractivity contribution is 0.797. The number of allylic oxidation sites excluding steroid dienone is 1. The number of rotatable bonds is 2. The molecule has 1 nitrogen and oxygen atoms in total. The van der Waals surface area contributed by atoms with Crippen molar-refractivity contribution in [3.05, 3.63) is 42.5 Å². The van der Waals surface area contributed by atoms with Crippen LogP contribution in [0.3, 0.4) is 0 Å². The van der Waals surface area contributed by atoms with Crippen LogP contribution in [0.25, 0.3) is 0 Å². The smallest absolute Gasteiger partial charge is 0.0409 e. The molecule has 1 aliphatic heterocycles. The fourth-order valence-electron chi connectivity index (χ4n) is 1.76. The Morgan fingerprint density at radius 1 is 1.54 bits per heavy atom. The molecule has 0 aromatic heterocycles. The number of alkyl halides is 1. The summed E-state index contributed by atoms with van der Waals surface area (Å²) in [6.45, 7) is 4.80. The fraction of sp³-hybridized carbons (Fsp3) is 0.273. The van der Waals surface area contributed by atoms with Gasteiger partial charge in [-0.2, -0.15) is 0 Å². The molecule has 2 atom stereocenters. The molecule has 2 heteroatoms. The molecular weight excluding hydrogens is 226 g/mol. The van der Waals surface area contributed by atoms with E-state index in [9.17, 15) is 0 Å². The van der Waals surface area contributed by atoms with Gasteiger partial charge in [-0.3, -0.25) is 0 Å². The summed E-state index contributed by atoms with van der Waals surface area (Å²) in [5.41, 5.74) is 2.66. The molecule has 0 aliphatic carbocycles. The van der Waals surface area contributed by atoms with E-state index in [-0.39, 0.29) is 0 Å². The number of fused-ring (bicyclic) bond motifs is 1. The molecule has 1 aromatic rings. The van der Waals surface area contributed by atoms with Crippen LogP contribution in [0.5, 0.6) is 0 Å². The molecule has 0 saturated heterocycles. The van der Waals surface area contributed by atoms with Gasteiger partial charge in [0.2, 0.25) is 0 Å². The third-order valence-electron chi connectivity index (χ3n) is 2.48. The van der Waals surface area contributed by atoms with Gasteiger partial charge in [0.05, 0.1) is 0 Å². The van der Waals surface area contributed by atoms with Crippen molar-refractivity contribution in [1.29, 1.82) is 0 Å². The van der Waals surface area contributed by atoms with Crippen LogP contribution < -0.4 is 5.32 Å². The zero-order chi connectivity index (χ0) is 9.26. The Hall–Kier alpha value is -0.760. The first-order chi connectivity index (χ1) is 6.33. The summed E-state index contributed by atoms with van der Waals surface area (Å²) in [5.74, 6) is 0.522. The molecule has 0 amide bonds. The molecule has 0 spiro atoms. The van der Waals surface area contributed by atoms with Crippen LogP contribution in [0.4, 0.5) is 5.69 Å². The lowest BCUT2D eigenvalue weighted by Crippen LogP contribution is -2.11. The van der Waals surface area contributed by atoms with Crippen LogP contribution in [-0.2, 0) is 0 Å². The van der Waals surface area contributed by atoms with E-state index in [0.29, 0.717) is 10.7 Å². The lowest BCUT2D eigenvalue weighted by atomic mass is 9.98. The van der Waals surface area contributed by atoms with Crippen molar-refractivity contribution in [3.8, 4) is 0 Å². The summed E-state index contributed by atoms with van der Waals surface area (Å²) in [4.78, 5) is 0.364. The Morgan fingerprint density at radius 3 is 3.08 bits per heavy atom. The van der Waals surface area contributed by atoms with Gasteiger partial charge in [0.15, 0.2) is 0 Å². The monoisotopic (exact) mass is 237 g/mol. The van der Waals surface area contributed by atoms with Gasteiger partial charge < -0.3 is 5.32 Å². The highest BCUT2D eigenvalue weighted by molar-refractivity contribution is 9.09. The SMILES string of the molecule is C=CC(Br)C1CNc2ccccc21. The Kier molecular flexibility index (Phi) is 2.40. The maximum Gasteiger partial charge on any atom is 0.0409 e. The average Bonchev–Trinajstić information content (AvgIpc) is 2.60. The lowest BCUT2D eigenvalue weighted by Gasteiger charge is -2.12. The second kappa shape index (κ2) is 3.54. The van der Waals surface area contributed by atoms with Crippen LogP contribution >= 0.6 is 15.9 Å². The highest BCUT2D eigenvalue weighted by Gasteiger charge is 2.25. The Morgan fingerprint density at radius 2 is 2.31 bits per heavy atom. The molecule has 68 valence electrons. The summed E-state index contributed by atoms with van der Waals surface area (Å²) < 4.78 is 0. The van der Waals surface area contributed by atoms with Crippen molar-refractivity contribution >= 4 is 21.6 Å². The van der Waals surface area contributed by atoms with E-state index in [1.807, 2.05) is 6.08 Å². The van der Waals surface area contributed by atoms with Crippen molar-refractivity contribution in [3.63, 3.8) is 0 Å². The van der Waals surface area contributed by atoms with Crippen molar-refractivity contribution in [2.24, 2.45) is 0 Å². The second-order valence-corrected chi connectivity index (χ2v) is 4.31. The van der Waals surface area contributed by atoms with Crippen molar-refractivity contribution < 1.29 is 0 Å². The standard InChI is InChI=1S/C11H12BrN/c1-2-10(12)9-7-13-11-6-4-3-5-8(9)11/h2-6,9-10,13H,1,7H2. The van der Waals surface area contributed by atoms with E-state index in [1.165, 1.54) is 11.3 Å². The highest BCUT2D eigenvalue weighted by atomic mass is 79.9. The van der Waals surface area contributed by atoms with Crippen LogP contribution in [0.2, 0.25) is 0 Å². The third kappa shape index (κ3) is 1.51. The first kappa shape index (κ1) is 8.82. The molecule has 0 radical (unpaired) electrons. The summed E-state index contributed by atoms with van der Waals surface area (Å²) in [7, 11) is 0. The van der Waals surface area contributed by atoms with E-state index in [4.69, 9.17) is 0 Å². The number of hydrogen-bond donors (Lipinski definition) is 1. The van der Waals surface area contributed by atoms with E-state index in [0.717, 1.165) is 6.54 Å². The zero-order valence-corrected chi connectivity index (χ0v) is 8.92. The molecule has 1 heterocycles. The second-order valence-electron chi connectivity index (χ2n) is 3.25. The fourth-order valence-corrected chi connectivity index (χ4v) is 2.23. The minimum absolute atomic E-state index is 0.364. The van der Waals surface area contributed by atoms with E-state index in [2.05, 4.69) is 52.1 Å². The minimum Gasteiger partial charge on any atom is -0.384 e. The highest BCUT2D eigenvalue weighted by Crippen LogP contribution is 2.36. The predicted octanol–water partition coefficient (Wildman–Crippen LogP) is 3.15. The minimum atomic E-state index is 0.364. The normalized spacial score (nSPS) is 21.8. The molecule has 13 heavy (non-hydrogen) atoms. The Balaban J connectivity index is 2.33. The van der Waals surface area contributed by atoms with Crippen LogP contribution in [0, 0.1) is 0 Å². The first-order valence-corrected chi connectivity index (χ1v) is 5.34. The number of anilines is 1. The Bertz CT molecular complexity index is 322. The maximum atomic E-state index is 3.80. The van der Waals surface area contributed by atoms with Crippen molar-refractivity contribution in [1.82, 2.24) is 0 Å². The van der Waals surface area contributed by atoms with E-state index in [1.54, 1.807) is 0 Å². The summed E-state index contributed by atoms with van der Waals surface area (Å²) in [6.07, 6.45) is 1.95. The van der Waals surface area contributed by atoms with Gasteiger partial charge in [-0.1, -0.05) is 40.2 Å². The molecule has 1 aromatic carbocycles. The van der Waals surface area contributed by atoms with Crippen molar-refractivity contribution in [2.45, 2.75) is 10.7 Å². The van der Waals surface area contributed by atoms with Crippen LogP contribution in [-0.4, -0.2) is 11.4 Å². The third-order valence-corrected chi connectivity index (χ3v) is 3.49. The number of hydrogen-bond acceptors (Lipinski definition) is 1. The van der Waals surface area contributed by atoms with Gasteiger partial charge >= 0.3 is 0 Å². The summed E-state index contributed by atoms with van der Waals surface area (Å²) in [6, 6.07) is 8.45. The average molecular weight is 238 g/mol. The van der Waals surface area contributed by atoms with Gasteiger partial charge in [-0.05, 0) is 11.6 Å². The van der Waals surface area contributed by atoms with Gasteiger partial charge in [0.25, 0.3) is 0 Å². The number of benzene rings is 1. The summed E-state index contributed by atoms with van der Waals surface area (Å²) >= 11 is 3.62. The largest absolute Gasteiger partial charge is 0.384 e. The number of para-hydroxylation sites is 1. The van der Waals surface area contributed by atoms with Crippen LogP contribution in [0.15, 0.2) is 36.9 Å². The molecule has 1 N–H and O–H groups in total. The van der Waals surface area contributed by atoms with Gasteiger partial charge in [-0.15, -0.1) is 6.58 Å². The van der Waals surface area contributed by atoms with E-state index < -0.39 is 0 Å².